The van der Waals surface area contributed by atoms with Gasteiger partial charge in [-0.3, -0.25) is 14.4 Å². The predicted octanol–water partition coefficient (Wildman–Crippen LogP) is 8.44. The van der Waals surface area contributed by atoms with Gasteiger partial charge < -0.3 is 20.7 Å². The lowest BCUT2D eigenvalue weighted by Crippen LogP contribution is -2.30. The zero-order chi connectivity index (χ0) is 33.9. The highest BCUT2D eigenvalue weighted by Gasteiger charge is 2.21. The summed E-state index contributed by atoms with van der Waals surface area (Å²) in [6, 6.07) is 31.3. The SMILES string of the molecule is CCOc1ccc(/C=C(/NC(=O)c2ccccc2)C(=O)Nc2cccc(SC(CC)C(=O)Nc3nc(-c4ccc(C)cc4)cs3)c2)cc1. The molecule has 0 aliphatic carbocycles. The number of nitrogens with zero attached hydrogens (tertiary/aromatic N) is 1. The Hall–Kier alpha value is -5.19. The summed E-state index contributed by atoms with van der Waals surface area (Å²) in [5.41, 5.74) is 4.72. The van der Waals surface area contributed by atoms with Crippen molar-refractivity contribution < 1.29 is 19.1 Å². The van der Waals surface area contributed by atoms with E-state index in [4.69, 9.17) is 4.74 Å². The number of anilines is 2. The number of carbonyl (C=O) groups is 3. The second kappa shape index (κ2) is 16.6. The summed E-state index contributed by atoms with van der Waals surface area (Å²) in [6.45, 7) is 6.44. The number of aryl methyl sites for hydroxylation is 1. The van der Waals surface area contributed by atoms with Crippen molar-refractivity contribution in [2.24, 2.45) is 0 Å². The van der Waals surface area contributed by atoms with Crippen LogP contribution in [0, 0.1) is 6.92 Å². The molecule has 0 radical (unpaired) electrons. The van der Waals surface area contributed by atoms with Crippen molar-refractivity contribution in [3.63, 3.8) is 0 Å². The van der Waals surface area contributed by atoms with Crippen LogP contribution in [0.25, 0.3) is 17.3 Å². The van der Waals surface area contributed by atoms with Gasteiger partial charge in [0.05, 0.1) is 17.6 Å². The van der Waals surface area contributed by atoms with E-state index in [1.807, 2.05) is 98.9 Å². The topological polar surface area (TPSA) is 109 Å². The number of thioether (sulfide) groups is 1. The molecule has 3 amide bonds. The highest BCUT2D eigenvalue weighted by atomic mass is 32.2. The Morgan fingerprint density at radius 1 is 0.896 bits per heavy atom. The number of nitrogens with one attached hydrogen (secondary N) is 3. The Balaban J connectivity index is 1.27. The molecule has 1 heterocycles. The Morgan fingerprint density at radius 2 is 1.65 bits per heavy atom. The maximum Gasteiger partial charge on any atom is 0.272 e. The van der Waals surface area contributed by atoms with Gasteiger partial charge in [-0.15, -0.1) is 23.1 Å². The molecule has 244 valence electrons. The highest BCUT2D eigenvalue weighted by Crippen LogP contribution is 2.30. The quantitative estimate of drug-likeness (QED) is 0.0853. The second-order valence-corrected chi connectivity index (χ2v) is 12.9. The molecule has 0 bridgehead atoms. The predicted molar refractivity (Wildman–Crippen MR) is 195 cm³/mol. The van der Waals surface area contributed by atoms with Gasteiger partial charge in [-0.05, 0) is 74.4 Å². The molecular formula is C38H36N4O4S2. The van der Waals surface area contributed by atoms with E-state index in [1.165, 1.54) is 28.7 Å². The molecule has 10 heteroatoms. The fraction of sp³-hybridized carbons (Fsp3) is 0.158. The van der Waals surface area contributed by atoms with Crippen LogP contribution in [0.15, 0.2) is 119 Å². The van der Waals surface area contributed by atoms with E-state index in [0.29, 0.717) is 40.7 Å². The number of hydrogen-bond donors (Lipinski definition) is 3. The molecule has 1 aromatic heterocycles. The average Bonchev–Trinajstić information content (AvgIpc) is 3.57. The van der Waals surface area contributed by atoms with E-state index < -0.39 is 11.8 Å². The van der Waals surface area contributed by atoms with Gasteiger partial charge in [0, 0.05) is 27.1 Å². The van der Waals surface area contributed by atoms with Crippen molar-refractivity contribution in [1.29, 1.82) is 0 Å². The minimum atomic E-state index is -0.492. The molecule has 8 nitrogen and oxygen atoms in total. The van der Waals surface area contributed by atoms with E-state index >= 15 is 0 Å². The summed E-state index contributed by atoms with van der Waals surface area (Å²) >= 11 is 2.79. The van der Waals surface area contributed by atoms with Gasteiger partial charge in [-0.25, -0.2) is 4.98 Å². The molecule has 5 rings (SSSR count). The van der Waals surface area contributed by atoms with E-state index in [9.17, 15) is 14.4 Å². The number of ether oxygens (including phenoxy) is 1. The van der Waals surface area contributed by atoms with E-state index in [2.05, 4.69) is 20.9 Å². The standard InChI is InChI=1S/C38H36N4O4S2/c1-4-34(37(45)42-38-41-33(24-47-38)27-18-14-25(3)15-19-27)48-31-13-9-12-29(23-31)39-36(44)32(40-35(43)28-10-7-6-8-11-28)22-26-16-20-30(21-17-26)46-5-2/h6-24,34H,4-5H2,1-3H3,(H,39,44)(H,40,43)(H,41,42,45)/b32-22+. The van der Waals surface area contributed by atoms with Crippen LogP contribution < -0.4 is 20.7 Å². The monoisotopic (exact) mass is 676 g/mol. The first-order valence-corrected chi connectivity index (χ1v) is 17.3. The van der Waals surface area contributed by atoms with Crippen molar-refractivity contribution in [2.75, 3.05) is 17.2 Å². The van der Waals surface area contributed by atoms with Crippen molar-refractivity contribution >= 4 is 57.7 Å². The second-order valence-electron chi connectivity index (χ2n) is 10.8. The zero-order valence-corrected chi connectivity index (χ0v) is 28.5. The first kappa shape index (κ1) is 34.2. The largest absolute Gasteiger partial charge is 0.494 e. The molecule has 0 aliphatic rings. The highest BCUT2D eigenvalue weighted by molar-refractivity contribution is 8.00. The number of amides is 3. The third-order valence-electron chi connectivity index (χ3n) is 7.15. The van der Waals surface area contributed by atoms with Crippen LogP contribution >= 0.6 is 23.1 Å². The van der Waals surface area contributed by atoms with Crippen LogP contribution in [0.5, 0.6) is 5.75 Å². The molecule has 3 N–H and O–H groups in total. The van der Waals surface area contributed by atoms with Crippen LogP contribution in [-0.4, -0.2) is 34.6 Å². The third-order valence-corrected chi connectivity index (χ3v) is 9.26. The summed E-state index contributed by atoms with van der Waals surface area (Å²) in [7, 11) is 0. The summed E-state index contributed by atoms with van der Waals surface area (Å²) in [4.78, 5) is 45.3. The maximum atomic E-state index is 13.6. The summed E-state index contributed by atoms with van der Waals surface area (Å²) < 4.78 is 5.53. The van der Waals surface area contributed by atoms with Crippen molar-refractivity contribution in [2.45, 2.75) is 37.3 Å². The van der Waals surface area contributed by atoms with Crippen molar-refractivity contribution in [3.05, 3.63) is 131 Å². The average molecular weight is 677 g/mol. The molecule has 48 heavy (non-hydrogen) atoms. The maximum absolute atomic E-state index is 13.6. The van der Waals surface area contributed by atoms with Crippen LogP contribution in [0.3, 0.4) is 0 Å². The van der Waals surface area contributed by atoms with Gasteiger partial charge in [-0.1, -0.05) is 73.2 Å². The molecule has 1 unspecified atom stereocenters. The lowest BCUT2D eigenvalue weighted by molar-refractivity contribution is -0.116. The van der Waals surface area contributed by atoms with Crippen molar-refractivity contribution in [3.8, 4) is 17.0 Å². The molecule has 0 spiro atoms. The Bertz CT molecular complexity index is 1890. The number of thiazole rings is 1. The Labute approximate surface area is 288 Å². The lowest BCUT2D eigenvalue weighted by Gasteiger charge is -2.15. The first-order valence-electron chi connectivity index (χ1n) is 15.5. The van der Waals surface area contributed by atoms with Gasteiger partial charge in [0.2, 0.25) is 5.91 Å². The Morgan fingerprint density at radius 3 is 2.35 bits per heavy atom. The van der Waals surface area contributed by atoms with Crippen LogP contribution in [0.4, 0.5) is 10.8 Å². The van der Waals surface area contributed by atoms with Gasteiger partial charge in [0.25, 0.3) is 11.8 Å². The molecular weight excluding hydrogens is 641 g/mol. The molecule has 0 saturated heterocycles. The van der Waals surface area contributed by atoms with Crippen molar-refractivity contribution in [1.82, 2.24) is 10.3 Å². The minimum Gasteiger partial charge on any atom is -0.494 e. The van der Waals surface area contributed by atoms with Gasteiger partial charge in [0.15, 0.2) is 5.13 Å². The Kier molecular flexibility index (Phi) is 11.8. The zero-order valence-electron chi connectivity index (χ0n) is 26.9. The lowest BCUT2D eigenvalue weighted by atomic mass is 10.1. The number of hydrogen-bond acceptors (Lipinski definition) is 7. The number of rotatable bonds is 13. The number of carbonyl (C=O) groups excluding carboxylic acids is 3. The molecule has 0 aliphatic heterocycles. The smallest absolute Gasteiger partial charge is 0.272 e. The molecule has 5 aromatic rings. The first-order chi connectivity index (χ1) is 23.3. The normalized spacial score (nSPS) is 11.8. The third kappa shape index (κ3) is 9.43. The van der Waals surface area contributed by atoms with Crippen LogP contribution in [-0.2, 0) is 9.59 Å². The molecule has 0 saturated carbocycles. The van der Waals surface area contributed by atoms with E-state index in [1.54, 1.807) is 36.4 Å². The van der Waals surface area contributed by atoms with Gasteiger partial charge >= 0.3 is 0 Å². The number of aromatic nitrogens is 1. The summed E-state index contributed by atoms with van der Waals surface area (Å²) in [5.74, 6) is -0.338. The van der Waals surface area contributed by atoms with Crippen LogP contribution in [0.2, 0.25) is 0 Å². The van der Waals surface area contributed by atoms with E-state index in [-0.39, 0.29) is 16.9 Å². The minimum absolute atomic E-state index is 0.0744. The molecule has 4 aromatic carbocycles. The van der Waals surface area contributed by atoms with Gasteiger partial charge in [-0.2, -0.15) is 0 Å². The molecule has 1 atom stereocenters. The van der Waals surface area contributed by atoms with Crippen LogP contribution in [0.1, 0.15) is 41.8 Å². The molecule has 0 fully saturated rings. The van der Waals surface area contributed by atoms with Gasteiger partial charge in [0.1, 0.15) is 11.4 Å². The summed E-state index contributed by atoms with van der Waals surface area (Å²) in [6.07, 6.45) is 2.20. The fourth-order valence-corrected chi connectivity index (χ4v) is 6.38. The summed E-state index contributed by atoms with van der Waals surface area (Å²) in [5, 5.41) is 10.7. The van der Waals surface area contributed by atoms with E-state index in [0.717, 1.165) is 16.2 Å². The fourth-order valence-electron chi connectivity index (χ4n) is 4.64. The number of benzene rings is 4.